The smallest absolute Gasteiger partial charge is 0.224 e. The SMILES string of the molecule is COc1ccc(CC(=O)NCc2ccn(C)c2)cc1OC. The Balaban J connectivity index is 1.93. The minimum Gasteiger partial charge on any atom is -0.493 e. The third-order valence-electron chi connectivity index (χ3n) is 3.20. The molecule has 0 atom stereocenters. The molecule has 1 heterocycles. The average molecular weight is 288 g/mol. The van der Waals surface area contributed by atoms with Crippen molar-refractivity contribution >= 4 is 5.91 Å². The van der Waals surface area contributed by atoms with Crippen LogP contribution in [-0.4, -0.2) is 24.7 Å². The number of ether oxygens (including phenoxy) is 2. The molecule has 1 amide bonds. The van der Waals surface area contributed by atoms with Crippen molar-refractivity contribution in [2.24, 2.45) is 7.05 Å². The van der Waals surface area contributed by atoms with Gasteiger partial charge in [-0.15, -0.1) is 0 Å². The van der Waals surface area contributed by atoms with Gasteiger partial charge in [0, 0.05) is 26.0 Å². The number of amides is 1. The van der Waals surface area contributed by atoms with E-state index in [0.717, 1.165) is 11.1 Å². The molecule has 0 saturated carbocycles. The summed E-state index contributed by atoms with van der Waals surface area (Å²) in [7, 11) is 5.12. The highest BCUT2D eigenvalue weighted by molar-refractivity contribution is 5.78. The number of hydrogen-bond donors (Lipinski definition) is 1. The molecule has 0 spiro atoms. The number of nitrogens with one attached hydrogen (secondary N) is 1. The van der Waals surface area contributed by atoms with E-state index in [1.54, 1.807) is 20.3 Å². The first-order valence-corrected chi connectivity index (χ1v) is 6.71. The number of aromatic nitrogens is 1. The zero-order valence-electron chi connectivity index (χ0n) is 12.6. The van der Waals surface area contributed by atoms with Gasteiger partial charge in [0.2, 0.25) is 5.91 Å². The van der Waals surface area contributed by atoms with Crippen LogP contribution in [-0.2, 0) is 24.8 Å². The fourth-order valence-corrected chi connectivity index (χ4v) is 2.10. The minimum atomic E-state index is -0.0222. The molecule has 21 heavy (non-hydrogen) atoms. The van der Waals surface area contributed by atoms with Crippen molar-refractivity contribution in [3.8, 4) is 11.5 Å². The Morgan fingerprint density at radius 2 is 1.90 bits per heavy atom. The molecular weight excluding hydrogens is 268 g/mol. The zero-order chi connectivity index (χ0) is 15.2. The second-order valence-electron chi connectivity index (χ2n) is 4.83. The minimum absolute atomic E-state index is 0.0222. The fourth-order valence-electron chi connectivity index (χ4n) is 2.10. The van der Waals surface area contributed by atoms with Gasteiger partial charge in [-0.3, -0.25) is 4.79 Å². The largest absolute Gasteiger partial charge is 0.493 e. The molecule has 0 saturated heterocycles. The summed E-state index contributed by atoms with van der Waals surface area (Å²) in [5.74, 6) is 1.27. The molecule has 2 rings (SSSR count). The van der Waals surface area contributed by atoms with Gasteiger partial charge < -0.3 is 19.4 Å². The van der Waals surface area contributed by atoms with Crippen molar-refractivity contribution in [2.75, 3.05) is 14.2 Å². The van der Waals surface area contributed by atoms with E-state index in [0.29, 0.717) is 24.5 Å². The lowest BCUT2D eigenvalue weighted by Gasteiger charge is -2.09. The molecule has 1 aromatic carbocycles. The first-order chi connectivity index (χ1) is 10.1. The summed E-state index contributed by atoms with van der Waals surface area (Å²) in [6, 6.07) is 7.47. The van der Waals surface area contributed by atoms with Gasteiger partial charge in [-0.25, -0.2) is 0 Å². The van der Waals surface area contributed by atoms with E-state index in [2.05, 4.69) is 5.32 Å². The molecule has 1 N–H and O–H groups in total. The van der Waals surface area contributed by atoms with Crippen LogP contribution in [0.5, 0.6) is 11.5 Å². The summed E-state index contributed by atoms with van der Waals surface area (Å²) in [6.07, 6.45) is 4.25. The molecule has 0 aliphatic carbocycles. The van der Waals surface area contributed by atoms with Gasteiger partial charge >= 0.3 is 0 Å². The van der Waals surface area contributed by atoms with E-state index in [1.165, 1.54) is 0 Å². The quantitative estimate of drug-likeness (QED) is 0.883. The van der Waals surface area contributed by atoms with E-state index >= 15 is 0 Å². The molecule has 0 aliphatic heterocycles. The predicted octanol–water partition coefficient (Wildman–Crippen LogP) is 1.90. The maximum Gasteiger partial charge on any atom is 0.224 e. The second kappa shape index (κ2) is 6.83. The van der Waals surface area contributed by atoms with Gasteiger partial charge in [0.05, 0.1) is 20.6 Å². The zero-order valence-corrected chi connectivity index (χ0v) is 12.6. The standard InChI is InChI=1S/C16H20N2O3/c1-18-7-6-13(11-18)10-17-16(19)9-12-4-5-14(20-2)15(8-12)21-3/h4-8,11H,9-10H2,1-3H3,(H,17,19). The van der Waals surface area contributed by atoms with E-state index < -0.39 is 0 Å². The Morgan fingerprint density at radius 3 is 2.52 bits per heavy atom. The Bertz CT molecular complexity index is 620. The number of methoxy groups -OCH3 is 2. The summed E-state index contributed by atoms with van der Waals surface area (Å²) >= 11 is 0. The first-order valence-electron chi connectivity index (χ1n) is 6.71. The number of rotatable bonds is 6. The summed E-state index contributed by atoms with van der Waals surface area (Å²) < 4.78 is 12.4. The number of benzene rings is 1. The normalized spacial score (nSPS) is 10.2. The maximum atomic E-state index is 12.0. The van der Waals surface area contributed by atoms with Gasteiger partial charge in [0.25, 0.3) is 0 Å². The Hall–Kier alpha value is -2.43. The summed E-state index contributed by atoms with van der Waals surface area (Å²) in [5, 5.41) is 2.90. The topological polar surface area (TPSA) is 52.5 Å². The number of carbonyl (C=O) groups is 1. The molecule has 5 heteroatoms. The van der Waals surface area contributed by atoms with Crippen LogP contribution in [0.15, 0.2) is 36.7 Å². The highest BCUT2D eigenvalue weighted by atomic mass is 16.5. The Kier molecular flexibility index (Phi) is 4.87. The van der Waals surface area contributed by atoms with Crippen molar-refractivity contribution in [3.63, 3.8) is 0 Å². The van der Waals surface area contributed by atoms with Crippen LogP contribution in [0, 0.1) is 0 Å². The molecule has 2 aromatic rings. The van der Waals surface area contributed by atoms with Crippen molar-refractivity contribution in [1.82, 2.24) is 9.88 Å². The molecular formula is C16H20N2O3. The number of nitrogens with zero attached hydrogens (tertiary/aromatic N) is 1. The first kappa shape index (κ1) is 15.0. The molecule has 0 aliphatic rings. The fraction of sp³-hybridized carbons (Fsp3) is 0.312. The molecule has 1 aromatic heterocycles. The molecule has 0 bridgehead atoms. The van der Waals surface area contributed by atoms with E-state index in [9.17, 15) is 4.79 Å². The lowest BCUT2D eigenvalue weighted by atomic mass is 10.1. The van der Waals surface area contributed by atoms with Crippen molar-refractivity contribution in [1.29, 1.82) is 0 Å². The van der Waals surface area contributed by atoms with E-state index in [4.69, 9.17) is 9.47 Å². The lowest BCUT2D eigenvalue weighted by Crippen LogP contribution is -2.24. The van der Waals surface area contributed by atoms with Gasteiger partial charge in [-0.2, -0.15) is 0 Å². The predicted molar refractivity (Wildman–Crippen MR) is 80.5 cm³/mol. The van der Waals surface area contributed by atoms with Crippen molar-refractivity contribution in [3.05, 3.63) is 47.8 Å². The maximum absolute atomic E-state index is 12.0. The molecule has 0 radical (unpaired) electrons. The van der Waals surface area contributed by atoms with Crippen molar-refractivity contribution in [2.45, 2.75) is 13.0 Å². The molecule has 0 fully saturated rings. The highest BCUT2D eigenvalue weighted by Crippen LogP contribution is 2.27. The second-order valence-corrected chi connectivity index (χ2v) is 4.83. The van der Waals surface area contributed by atoms with Crippen LogP contribution < -0.4 is 14.8 Å². The highest BCUT2D eigenvalue weighted by Gasteiger charge is 2.08. The van der Waals surface area contributed by atoms with Crippen LogP contribution in [0.2, 0.25) is 0 Å². The van der Waals surface area contributed by atoms with Crippen LogP contribution in [0.25, 0.3) is 0 Å². The van der Waals surface area contributed by atoms with Crippen LogP contribution >= 0.6 is 0 Å². The average Bonchev–Trinajstić information content (AvgIpc) is 2.90. The van der Waals surface area contributed by atoms with Gasteiger partial charge in [0.15, 0.2) is 11.5 Å². The lowest BCUT2D eigenvalue weighted by molar-refractivity contribution is -0.120. The molecule has 112 valence electrons. The van der Waals surface area contributed by atoms with E-state index in [1.807, 2.05) is 42.2 Å². The third-order valence-corrected chi connectivity index (χ3v) is 3.20. The van der Waals surface area contributed by atoms with E-state index in [-0.39, 0.29) is 5.91 Å². The van der Waals surface area contributed by atoms with Crippen LogP contribution in [0.4, 0.5) is 0 Å². The summed E-state index contributed by atoms with van der Waals surface area (Å²) in [5.41, 5.74) is 1.97. The monoisotopic (exact) mass is 288 g/mol. The van der Waals surface area contributed by atoms with Crippen molar-refractivity contribution < 1.29 is 14.3 Å². The Morgan fingerprint density at radius 1 is 1.14 bits per heavy atom. The number of carbonyl (C=O) groups excluding carboxylic acids is 1. The number of aryl methyl sites for hydroxylation is 1. The van der Waals surface area contributed by atoms with Gasteiger partial charge in [0.1, 0.15) is 0 Å². The summed E-state index contributed by atoms with van der Waals surface area (Å²) in [4.78, 5) is 12.0. The van der Waals surface area contributed by atoms with Gasteiger partial charge in [-0.05, 0) is 29.3 Å². The Labute approximate surface area is 124 Å². The van der Waals surface area contributed by atoms with Gasteiger partial charge in [-0.1, -0.05) is 6.07 Å². The van der Waals surface area contributed by atoms with Crippen LogP contribution in [0.3, 0.4) is 0 Å². The third kappa shape index (κ3) is 4.02. The van der Waals surface area contributed by atoms with Crippen LogP contribution in [0.1, 0.15) is 11.1 Å². The number of hydrogen-bond acceptors (Lipinski definition) is 3. The molecule has 5 nitrogen and oxygen atoms in total. The summed E-state index contributed by atoms with van der Waals surface area (Å²) in [6.45, 7) is 0.535. The molecule has 0 unspecified atom stereocenters.